The third kappa shape index (κ3) is 7.83. The molecule has 10 nitrogen and oxygen atoms in total. The SMILES string of the molecule is [C-]#[N+]c1cccc(-c2cccc(-c3nc(-c4ccc(-c5cccc(C#N)c5)cc4-n4c5ccccc5c5c6oc7ccccc7c6ccc54)nc(-c4ccc(-c5cccc(C#N)c5)cc4-n4c5ccccc5c5c6oc7ccccc7c6ccc54)n3)c2)c1. The molecule has 0 unspecified atom stereocenters. The van der Waals surface area contributed by atoms with Crippen LogP contribution in [0.2, 0.25) is 0 Å². The maximum Gasteiger partial charge on any atom is 0.187 e. The maximum absolute atomic E-state index is 10.2. The Morgan fingerprint density at radius 2 is 0.761 bits per heavy atom. The molecule has 10 heteroatoms. The average molecular weight is 1120 g/mol. The van der Waals surface area contributed by atoms with Gasteiger partial charge >= 0.3 is 0 Å². The molecule has 0 amide bonds. The number of para-hydroxylation sites is 4. The van der Waals surface area contributed by atoms with Crippen molar-refractivity contribution in [2.75, 3.05) is 0 Å². The number of rotatable bonds is 8. The van der Waals surface area contributed by atoms with Crippen LogP contribution in [0.4, 0.5) is 5.69 Å². The van der Waals surface area contributed by atoms with Gasteiger partial charge in [0, 0.05) is 49.0 Å². The summed E-state index contributed by atoms with van der Waals surface area (Å²) in [5, 5.41) is 28.4. The van der Waals surface area contributed by atoms with Crippen LogP contribution in [0.5, 0.6) is 0 Å². The third-order valence-corrected chi connectivity index (χ3v) is 17.0. The summed E-state index contributed by atoms with van der Waals surface area (Å²) < 4.78 is 18.2. The van der Waals surface area contributed by atoms with E-state index in [0.717, 1.165) is 138 Å². The first kappa shape index (κ1) is 49.9. The van der Waals surface area contributed by atoms with Crippen LogP contribution in [0.1, 0.15) is 11.1 Å². The number of benzene rings is 12. The molecule has 0 aliphatic rings. The number of nitrogens with zero attached hydrogens (tertiary/aromatic N) is 8. The Morgan fingerprint density at radius 1 is 0.341 bits per heavy atom. The molecule has 0 radical (unpaired) electrons. The normalized spacial score (nSPS) is 11.6. The monoisotopic (exact) mass is 1120 g/mol. The van der Waals surface area contributed by atoms with Crippen molar-refractivity contribution in [2.24, 2.45) is 0 Å². The molecular formula is C78H42N8O2. The van der Waals surface area contributed by atoms with E-state index in [1.807, 2.05) is 127 Å². The molecule has 88 heavy (non-hydrogen) atoms. The number of furan rings is 2. The molecule has 0 aliphatic heterocycles. The summed E-state index contributed by atoms with van der Waals surface area (Å²) in [7, 11) is 0. The first-order valence-corrected chi connectivity index (χ1v) is 28.8. The zero-order valence-electron chi connectivity index (χ0n) is 46.6. The van der Waals surface area contributed by atoms with Crippen LogP contribution in [0.3, 0.4) is 0 Å². The number of hydrogen-bond donors (Lipinski definition) is 0. The van der Waals surface area contributed by atoms with Crippen molar-refractivity contribution in [3.05, 3.63) is 277 Å². The topological polar surface area (TPSA) is 127 Å². The van der Waals surface area contributed by atoms with Crippen LogP contribution in [-0.4, -0.2) is 24.1 Å². The van der Waals surface area contributed by atoms with Gasteiger partial charge in [-0.05, 0) is 143 Å². The standard InChI is InChI=1S/C78H42N8O2/c1-81-55-21-13-19-51(41-55)50-18-12-20-54(40-50)76-82-77(62-32-30-52(48-16-10-14-46(38-48)44-79)42-68(62)85-64-26-6-2-24-60(64)72-66(85)36-34-58-56-22-4-8-28-70(56)87-74(58)72)84-78(83-76)63-33-31-53(49-17-11-15-47(39-49)45-80)43-69(63)86-65-27-7-3-25-61(65)73-67(86)37-35-59-57-23-5-9-29-71(57)88-75(59)73/h2-43H. The van der Waals surface area contributed by atoms with Gasteiger partial charge in [-0.3, -0.25) is 0 Å². The molecular weight excluding hydrogens is 1080 g/mol. The van der Waals surface area contributed by atoms with E-state index in [0.29, 0.717) is 45.4 Å². The number of hydrogen-bond acceptors (Lipinski definition) is 7. The molecule has 0 saturated carbocycles. The fourth-order valence-electron chi connectivity index (χ4n) is 13.0. The van der Waals surface area contributed by atoms with Gasteiger partial charge in [0.1, 0.15) is 22.3 Å². The third-order valence-electron chi connectivity index (χ3n) is 17.0. The van der Waals surface area contributed by atoms with Crippen LogP contribution in [0.25, 0.3) is 171 Å². The predicted molar refractivity (Wildman–Crippen MR) is 351 cm³/mol. The van der Waals surface area contributed by atoms with E-state index >= 15 is 0 Å². The zero-order chi connectivity index (χ0) is 58.6. The van der Waals surface area contributed by atoms with E-state index in [2.05, 4.69) is 154 Å². The minimum Gasteiger partial charge on any atom is -0.455 e. The predicted octanol–water partition coefficient (Wildman–Crippen LogP) is 20.2. The van der Waals surface area contributed by atoms with Crippen molar-refractivity contribution in [3.63, 3.8) is 0 Å². The lowest BCUT2D eigenvalue weighted by molar-refractivity contribution is 0.672. The highest BCUT2D eigenvalue weighted by atomic mass is 16.3. The van der Waals surface area contributed by atoms with Gasteiger partial charge in [0.2, 0.25) is 0 Å². The lowest BCUT2D eigenvalue weighted by Crippen LogP contribution is -2.06. The van der Waals surface area contributed by atoms with Crippen LogP contribution in [0, 0.1) is 29.2 Å². The van der Waals surface area contributed by atoms with Gasteiger partial charge in [-0.1, -0.05) is 146 Å². The van der Waals surface area contributed by atoms with Crippen molar-refractivity contribution in [3.8, 4) is 91.1 Å². The zero-order valence-corrected chi connectivity index (χ0v) is 46.6. The van der Waals surface area contributed by atoms with Crippen molar-refractivity contribution in [1.82, 2.24) is 24.1 Å². The molecule has 0 N–H and O–H groups in total. The van der Waals surface area contributed by atoms with Gasteiger partial charge in [0.05, 0.1) is 74.1 Å². The number of fused-ring (bicyclic) bond motifs is 14. The van der Waals surface area contributed by atoms with E-state index < -0.39 is 0 Å². The summed E-state index contributed by atoms with van der Waals surface area (Å²) in [4.78, 5) is 20.5. The fourth-order valence-corrected chi connectivity index (χ4v) is 13.0. The van der Waals surface area contributed by atoms with Gasteiger partial charge in [0.25, 0.3) is 0 Å². The molecule has 0 atom stereocenters. The highest BCUT2D eigenvalue weighted by Gasteiger charge is 2.26. The maximum atomic E-state index is 10.2. The van der Waals surface area contributed by atoms with Gasteiger partial charge < -0.3 is 18.0 Å². The first-order chi connectivity index (χ1) is 43.5. The molecule has 0 bridgehead atoms. The summed E-state index contributed by atoms with van der Waals surface area (Å²) in [6.07, 6.45) is 0. The summed E-state index contributed by atoms with van der Waals surface area (Å²) >= 11 is 0. The van der Waals surface area contributed by atoms with Crippen LogP contribution in [0.15, 0.2) is 264 Å². The first-order valence-electron chi connectivity index (χ1n) is 28.8. The molecule has 406 valence electrons. The largest absolute Gasteiger partial charge is 0.455 e. The van der Waals surface area contributed by atoms with E-state index in [-0.39, 0.29) is 0 Å². The molecule has 0 spiro atoms. The van der Waals surface area contributed by atoms with Gasteiger partial charge in [0.15, 0.2) is 23.2 Å². The Balaban J connectivity index is 0.975. The lowest BCUT2D eigenvalue weighted by atomic mass is 9.99. The van der Waals surface area contributed by atoms with Crippen LogP contribution < -0.4 is 0 Å². The second-order valence-corrected chi connectivity index (χ2v) is 22.0. The molecule has 17 aromatic rings. The van der Waals surface area contributed by atoms with E-state index in [1.54, 1.807) is 0 Å². The van der Waals surface area contributed by atoms with Crippen LogP contribution >= 0.6 is 0 Å². The average Bonchev–Trinajstić information content (AvgIpc) is 1.63. The summed E-state index contributed by atoms with van der Waals surface area (Å²) in [5.74, 6) is 1.24. The Bertz CT molecular complexity index is 5650. The van der Waals surface area contributed by atoms with Crippen molar-refractivity contribution >= 4 is 93.2 Å². The molecule has 0 aliphatic carbocycles. The molecule has 17 rings (SSSR count). The van der Waals surface area contributed by atoms with Gasteiger partial charge in [-0.25, -0.2) is 19.8 Å². The van der Waals surface area contributed by atoms with Gasteiger partial charge in [-0.2, -0.15) is 10.5 Å². The summed E-state index contributed by atoms with van der Waals surface area (Å²) in [5.41, 5.74) is 17.6. The smallest absolute Gasteiger partial charge is 0.187 e. The summed E-state index contributed by atoms with van der Waals surface area (Å²) in [6.45, 7) is 7.84. The Labute approximate surface area is 502 Å². The second-order valence-electron chi connectivity index (χ2n) is 22.0. The number of nitriles is 2. The fraction of sp³-hybridized carbons (Fsp3) is 0. The van der Waals surface area contributed by atoms with Gasteiger partial charge in [-0.15, -0.1) is 0 Å². The van der Waals surface area contributed by atoms with Crippen molar-refractivity contribution < 1.29 is 8.83 Å². The molecule has 12 aromatic carbocycles. The van der Waals surface area contributed by atoms with E-state index in [1.165, 1.54) is 0 Å². The number of aromatic nitrogens is 5. The summed E-state index contributed by atoms with van der Waals surface area (Å²) in [6, 6.07) is 90.2. The molecule has 0 saturated heterocycles. The molecule has 5 aromatic heterocycles. The molecule has 0 fully saturated rings. The highest BCUT2D eigenvalue weighted by Crippen LogP contribution is 2.46. The molecule has 5 heterocycles. The van der Waals surface area contributed by atoms with Crippen molar-refractivity contribution in [1.29, 1.82) is 10.5 Å². The second kappa shape index (κ2) is 19.7. The quantitative estimate of drug-likeness (QED) is 0.139. The van der Waals surface area contributed by atoms with Crippen LogP contribution in [-0.2, 0) is 0 Å². The Kier molecular flexibility index (Phi) is 11.2. The van der Waals surface area contributed by atoms with Crippen molar-refractivity contribution in [2.45, 2.75) is 0 Å². The highest BCUT2D eigenvalue weighted by molar-refractivity contribution is 6.25. The van der Waals surface area contributed by atoms with E-state index in [4.69, 9.17) is 30.4 Å². The Morgan fingerprint density at radius 3 is 1.27 bits per heavy atom. The lowest BCUT2D eigenvalue weighted by Gasteiger charge is -2.18. The Hall–Kier alpha value is -12.7. The minimum absolute atomic E-state index is 0.409. The minimum atomic E-state index is 0.409. The van der Waals surface area contributed by atoms with E-state index in [9.17, 15) is 10.5 Å².